The molecule has 1 heterocycles. The number of carbonyl (C=O) groups excluding carboxylic acids is 1. The highest BCUT2D eigenvalue weighted by Gasteiger charge is 2.01. The van der Waals surface area contributed by atoms with Crippen LogP contribution in [-0.2, 0) is 0 Å². The Morgan fingerprint density at radius 2 is 2.17 bits per heavy atom. The van der Waals surface area contributed by atoms with Crippen molar-refractivity contribution in [3.05, 3.63) is 36.1 Å². The molecular formula is C10H8O2. The zero-order valence-corrected chi connectivity index (χ0v) is 6.70. The molecule has 0 unspecified atom stereocenters. The summed E-state index contributed by atoms with van der Waals surface area (Å²) < 4.78 is 5.16. The molecule has 0 aliphatic carbocycles. The highest BCUT2D eigenvalue weighted by Crippen LogP contribution is 2.16. The molecule has 0 saturated heterocycles. The minimum Gasteiger partial charge on any atom is -0.464 e. The van der Waals surface area contributed by atoms with Crippen LogP contribution in [0.1, 0.15) is 17.3 Å². The lowest BCUT2D eigenvalue weighted by molar-refractivity contribution is 0.101. The zero-order chi connectivity index (χ0) is 8.55. The second kappa shape index (κ2) is 2.48. The summed E-state index contributed by atoms with van der Waals surface area (Å²) in [6.07, 6.45) is 1.62. The number of hydrogen-bond acceptors (Lipinski definition) is 2. The topological polar surface area (TPSA) is 30.2 Å². The second-order valence-corrected chi connectivity index (χ2v) is 2.73. The summed E-state index contributed by atoms with van der Waals surface area (Å²) in [6, 6.07) is 7.33. The van der Waals surface area contributed by atoms with Gasteiger partial charge in [-0.2, -0.15) is 0 Å². The maximum Gasteiger partial charge on any atom is 0.159 e. The first-order valence-electron chi connectivity index (χ1n) is 3.75. The van der Waals surface area contributed by atoms with Crippen LogP contribution in [0.25, 0.3) is 11.0 Å². The zero-order valence-electron chi connectivity index (χ0n) is 6.70. The first kappa shape index (κ1) is 7.10. The molecule has 12 heavy (non-hydrogen) atoms. The monoisotopic (exact) mass is 160 g/mol. The van der Waals surface area contributed by atoms with Crippen molar-refractivity contribution in [2.24, 2.45) is 0 Å². The molecule has 0 saturated carbocycles. The highest BCUT2D eigenvalue weighted by atomic mass is 16.3. The van der Waals surface area contributed by atoms with Crippen LogP contribution in [0.15, 0.2) is 34.9 Å². The van der Waals surface area contributed by atoms with E-state index in [1.807, 2.05) is 12.1 Å². The molecule has 2 nitrogen and oxygen atoms in total. The number of furan rings is 1. The summed E-state index contributed by atoms with van der Waals surface area (Å²) in [4.78, 5) is 11.0. The molecule has 0 atom stereocenters. The fourth-order valence-electron chi connectivity index (χ4n) is 1.17. The fraction of sp³-hybridized carbons (Fsp3) is 0.100. The van der Waals surface area contributed by atoms with Gasteiger partial charge in [-0.25, -0.2) is 0 Å². The SMILES string of the molecule is CC(=O)c1ccc2ccoc2c1. The number of carbonyl (C=O) groups is 1. The van der Waals surface area contributed by atoms with Crippen molar-refractivity contribution in [3.63, 3.8) is 0 Å². The Morgan fingerprint density at radius 3 is 2.92 bits per heavy atom. The quantitative estimate of drug-likeness (QED) is 0.600. The first-order chi connectivity index (χ1) is 5.77. The average Bonchev–Trinajstić information content (AvgIpc) is 2.49. The number of ketones is 1. The summed E-state index contributed by atoms with van der Waals surface area (Å²) in [6.45, 7) is 1.55. The highest BCUT2D eigenvalue weighted by molar-refractivity contribution is 5.97. The van der Waals surface area contributed by atoms with Crippen LogP contribution in [0.2, 0.25) is 0 Å². The smallest absolute Gasteiger partial charge is 0.159 e. The van der Waals surface area contributed by atoms with Gasteiger partial charge in [0.25, 0.3) is 0 Å². The van der Waals surface area contributed by atoms with Crippen molar-refractivity contribution >= 4 is 16.8 Å². The largest absolute Gasteiger partial charge is 0.464 e. The van der Waals surface area contributed by atoms with Crippen LogP contribution in [0.5, 0.6) is 0 Å². The van der Waals surface area contributed by atoms with Gasteiger partial charge in [-0.1, -0.05) is 12.1 Å². The van der Waals surface area contributed by atoms with E-state index < -0.39 is 0 Å². The predicted molar refractivity (Wildman–Crippen MR) is 46.2 cm³/mol. The Labute approximate surface area is 69.8 Å². The molecule has 2 rings (SSSR count). The van der Waals surface area contributed by atoms with E-state index in [0.717, 1.165) is 11.0 Å². The Balaban J connectivity index is 2.68. The van der Waals surface area contributed by atoms with Gasteiger partial charge >= 0.3 is 0 Å². The summed E-state index contributed by atoms with van der Waals surface area (Å²) in [7, 11) is 0. The molecule has 2 heteroatoms. The van der Waals surface area contributed by atoms with E-state index in [9.17, 15) is 4.79 Å². The van der Waals surface area contributed by atoms with Crippen LogP contribution < -0.4 is 0 Å². The van der Waals surface area contributed by atoms with Crippen molar-refractivity contribution in [1.29, 1.82) is 0 Å². The standard InChI is InChI=1S/C10H8O2/c1-7(11)9-3-2-8-4-5-12-10(8)6-9/h2-6H,1H3. The maximum absolute atomic E-state index is 11.0. The van der Waals surface area contributed by atoms with E-state index in [1.165, 1.54) is 0 Å². The van der Waals surface area contributed by atoms with Gasteiger partial charge in [0, 0.05) is 10.9 Å². The molecule has 0 N–H and O–H groups in total. The van der Waals surface area contributed by atoms with Crippen molar-refractivity contribution in [2.45, 2.75) is 6.92 Å². The predicted octanol–water partition coefficient (Wildman–Crippen LogP) is 2.64. The van der Waals surface area contributed by atoms with Crippen molar-refractivity contribution in [2.75, 3.05) is 0 Å². The minimum absolute atomic E-state index is 0.0632. The molecule has 1 aromatic carbocycles. The van der Waals surface area contributed by atoms with E-state index in [2.05, 4.69) is 0 Å². The summed E-state index contributed by atoms with van der Waals surface area (Å²) in [5, 5.41) is 1.03. The lowest BCUT2D eigenvalue weighted by Crippen LogP contribution is -1.89. The van der Waals surface area contributed by atoms with E-state index in [-0.39, 0.29) is 5.78 Å². The second-order valence-electron chi connectivity index (χ2n) is 2.73. The maximum atomic E-state index is 11.0. The molecule has 0 aliphatic heterocycles. The van der Waals surface area contributed by atoms with Crippen molar-refractivity contribution in [3.8, 4) is 0 Å². The third kappa shape index (κ3) is 1.01. The van der Waals surface area contributed by atoms with Crippen molar-refractivity contribution in [1.82, 2.24) is 0 Å². The van der Waals surface area contributed by atoms with E-state index >= 15 is 0 Å². The molecule has 0 amide bonds. The number of hydrogen-bond donors (Lipinski definition) is 0. The molecule has 0 fully saturated rings. The lowest BCUT2D eigenvalue weighted by atomic mass is 10.1. The lowest BCUT2D eigenvalue weighted by Gasteiger charge is -1.93. The van der Waals surface area contributed by atoms with E-state index in [4.69, 9.17) is 4.42 Å². The van der Waals surface area contributed by atoms with Gasteiger partial charge in [-0.05, 0) is 19.1 Å². The van der Waals surface area contributed by atoms with Crippen LogP contribution in [0.4, 0.5) is 0 Å². The molecular weight excluding hydrogens is 152 g/mol. The summed E-state index contributed by atoms with van der Waals surface area (Å²) in [5.41, 5.74) is 1.46. The molecule has 0 spiro atoms. The molecule has 60 valence electrons. The molecule has 0 bridgehead atoms. The molecule has 0 aliphatic rings. The third-order valence-corrected chi connectivity index (χ3v) is 1.86. The van der Waals surface area contributed by atoms with Crippen LogP contribution in [-0.4, -0.2) is 5.78 Å². The van der Waals surface area contributed by atoms with Gasteiger partial charge in [-0.15, -0.1) is 0 Å². The van der Waals surface area contributed by atoms with Gasteiger partial charge in [0.05, 0.1) is 6.26 Å². The number of benzene rings is 1. The number of rotatable bonds is 1. The van der Waals surface area contributed by atoms with Gasteiger partial charge in [0.2, 0.25) is 0 Å². The Hall–Kier alpha value is -1.57. The minimum atomic E-state index is 0.0632. The molecule has 1 aromatic heterocycles. The third-order valence-electron chi connectivity index (χ3n) is 1.86. The van der Waals surface area contributed by atoms with E-state index in [1.54, 1.807) is 25.3 Å². The Morgan fingerprint density at radius 1 is 1.33 bits per heavy atom. The van der Waals surface area contributed by atoms with Gasteiger partial charge in [-0.3, -0.25) is 4.79 Å². The van der Waals surface area contributed by atoms with Crippen LogP contribution in [0.3, 0.4) is 0 Å². The molecule has 0 radical (unpaired) electrons. The molecule has 2 aromatic rings. The van der Waals surface area contributed by atoms with Crippen LogP contribution in [0, 0.1) is 0 Å². The average molecular weight is 160 g/mol. The van der Waals surface area contributed by atoms with E-state index in [0.29, 0.717) is 5.56 Å². The number of Topliss-reactive ketones (excluding diaryl/α,β-unsaturated/α-hetero) is 1. The summed E-state index contributed by atoms with van der Waals surface area (Å²) in [5.74, 6) is 0.0632. The Kier molecular flexibility index (Phi) is 1.47. The summed E-state index contributed by atoms with van der Waals surface area (Å²) >= 11 is 0. The van der Waals surface area contributed by atoms with Gasteiger partial charge in [0.15, 0.2) is 5.78 Å². The number of fused-ring (bicyclic) bond motifs is 1. The van der Waals surface area contributed by atoms with Gasteiger partial charge < -0.3 is 4.42 Å². The fourth-order valence-corrected chi connectivity index (χ4v) is 1.17. The van der Waals surface area contributed by atoms with Crippen molar-refractivity contribution < 1.29 is 9.21 Å². The van der Waals surface area contributed by atoms with Crippen LogP contribution >= 0.6 is 0 Å². The first-order valence-corrected chi connectivity index (χ1v) is 3.75. The van der Waals surface area contributed by atoms with Gasteiger partial charge in [0.1, 0.15) is 5.58 Å². The normalized spacial score (nSPS) is 10.4. The Bertz CT molecular complexity index is 426.